The van der Waals surface area contributed by atoms with Crippen LogP contribution in [0.1, 0.15) is 52.7 Å². The molecule has 0 aliphatic carbocycles. The average molecular weight is 761 g/mol. The molecule has 0 fully saturated rings. The minimum absolute atomic E-state index is 0.00164. The Balaban J connectivity index is 1.28. The quantitative estimate of drug-likeness (QED) is 0.156. The Morgan fingerprint density at radius 2 is 1.10 bits per heavy atom. The Kier molecular flexibility index (Phi) is 6.24. The number of benzene rings is 8. The van der Waals surface area contributed by atoms with E-state index >= 15 is 0 Å². The molecule has 0 atom stereocenters. The number of hydrogen-bond acceptors (Lipinski definition) is 3. The van der Waals surface area contributed by atoms with Crippen molar-refractivity contribution in [3.05, 3.63) is 151 Å². The van der Waals surface area contributed by atoms with Gasteiger partial charge in [0.25, 0.3) is 0 Å². The SMILES string of the molecule is CC(C)(C)c1ccc2c(c1)c1cc(C(C)(C)C)cc3c1n2-c1cc2ccccc2c2c1B3N(c1cccc3c1oc1ccccc13)c1ccc3c(oc4ccccc43)c1-2. The van der Waals surface area contributed by atoms with E-state index in [0.717, 1.165) is 60.8 Å². The molecule has 0 saturated heterocycles. The maximum atomic E-state index is 7.04. The third-order valence-electron chi connectivity index (χ3n) is 13.4. The van der Waals surface area contributed by atoms with Crippen LogP contribution in [-0.4, -0.2) is 11.4 Å². The van der Waals surface area contributed by atoms with Crippen molar-refractivity contribution >= 4 is 106 Å². The van der Waals surface area contributed by atoms with Crippen LogP contribution in [0.5, 0.6) is 0 Å². The minimum atomic E-state index is -0.179. The minimum Gasteiger partial charge on any atom is -0.455 e. The maximum Gasteiger partial charge on any atom is 0.333 e. The Labute approximate surface area is 342 Å². The molecule has 3 aromatic heterocycles. The molecule has 0 unspecified atom stereocenters. The second-order valence-corrected chi connectivity index (χ2v) is 18.9. The van der Waals surface area contributed by atoms with Gasteiger partial charge in [-0.05, 0) is 104 Å². The first kappa shape index (κ1) is 33.3. The lowest BCUT2D eigenvalue weighted by atomic mass is 9.43. The van der Waals surface area contributed by atoms with Gasteiger partial charge in [-0.1, -0.05) is 126 Å². The molecule has 0 bridgehead atoms. The summed E-state index contributed by atoms with van der Waals surface area (Å²) in [6.45, 7) is 13.8. The summed E-state index contributed by atoms with van der Waals surface area (Å²) in [5.74, 6) is 0. The van der Waals surface area contributed by atoms with Gasteiger partial charge in [0.15, 0.2) is 5.58 Å². The molecule has 0 N–H and O–H groups in total. The fourth-order valence-corrected chi connectivity index (χ4v) is 10.6. The molecule has 11 aromatic rings. The number of furan rings is 2. The van der Waals surface area contributed by atoms with Crippen LogP contribution >= 0.6 is 0 Å². The van der Waals surface area contributed by atoms with Gasteiger partial charge in [0.1, 0.15) is 16.7 Å². The van der Waals surface area contributed by atoms with Crippen LogP contribution in [0.3, 0.4) is 0 Å². The van der Waals surface area contributed by atoms with E-state index < -0.39 is 0 Å². The molecule has 0 saturated carbocycles. The summed E-state index contributed by atoms with van der Waals surface area (Å²) in [5.41, 5.74) is 17.0. The summed E-state index contributed by atoms with van der Waals surface area (Å²) in [4.78, 5) is 2.59. The van der Waals surface area contributed by atoms with Gasteiger partial charge in [0.2, 0.25) is 0 Å². The van der Waals surface area contributed by atoms with E-state index in [-0.39, 0.29) is 17.7 Å². The van der Waals surface area contributed by atoms with Crippen LogP contribution in [0.2, 0.25) is 0 Å². The fraction of sp³-hybridized carbons (Fsp3) is 0.148. The summed E-state index contributed by atoms with van der Waals surface area (Å²) in [7, 11) is 0. The van der Waals surface area contributed by atoms with E-state index in [9.17, 15) is 0 Å². The summed E-state index contributed by atoms with van der Waals surface area (Å²) in [5, 5.41) is 9.52. The first-order chi connectivity index (χ1) is 28.5. The van der Waals surface area contributed by atoms with Gasteiger partial charge < -0.3 is 18.2 Å². The van der Waals surface area contributed by atoms with E-state index in [1.54, 1.807) is 0 Å². The summed E-state index contributed by atoms with van der Waals surface area (Å²) < 4.78 is 16.6. The topological polar surface area (TPSA) is 34.5 Å². The summed E-state index contributed by atoms with van der Waals surface area (Å²) >= 11 is 0. The zero-order valence-electron chi connectivity index (χ0n) is 34.1. The summed E-state index contributed by atoms with van der Waals surface area (Å²) in [6.07, 6.45) is 0. The van der Waals surface area contributed by atoms with Gasteiger partial charge in [0.05, 0.1) is 16.7 Å². The molecular formula is C54H41BN2O2. The van der Waals surface area contributed by atoms with Crippen molar-refractivity contribution in [3.8, 4) is 16.8 Å². The van der Waals surface area contributed by atoms with Crippen molar-refractivity contribution in [1.29, 1.82) is 0 Å². The normalized spacial score (nSPS) is 13.9. The highest BCUT2D eigenvalue weighted by molar-refractivity contribution is 6.94. The van der Waals surface area contributed by atoms with E-state index in [1.807, 2.05) is 0 Å². The van der Waals surface area contributed by atoms with Crippen LogP contribution in [0, 0.1) is 0 Å². The third-order valence-corrected chi connectivity index (χ3v) is 13.4. The predicted molar refractivity (Wildman–Crippen MR) is 249 cm³/mol. The van der Waals surface area contributed by atoms with Gasteiger partial charge in [-0.15, -0.1) is 0 Å². The molecule has 13 rings (SSSR count). The van der Waals surface area contributed by atoms with Crippen LogP contribution in [0.25, 0.3) is 93.3 Å². The van der Waals surface area contributed by atoms with Crippen molar-refractivity contribution < 1.29 is 8.83 Å². The summed E-state index contributed by atoms with van der Waals surface area (Å²) in [6, 6.07) is 51.7. The number of fused-ring (bicyclic) bond motifs is 16. The molecule has 5 heterocycles. The Morgan fingerprint density at radius 1 is 0.458 bits per heavy atom. The first-order valence-electron chi connectivity index (χ1n) is 20.9. The largest absolute Gasteiger partial charge is 0.455 e. The molecule has 0 amide bonds. The van der Waals surface area contributed by atoms with Gasteiger partial charge in [-0.25, -0.2) is 0 Å². The predicted octanol–water partition coefficient (Wildman–Crippen LogP) is 13.6. The second-order valence-electron chi connectivity index (χ2n) is 18.9. The van der Waals surface area contributed by atoms with E-state index in [0.29, 0.717) is 0 Å². The number of nitrogens with zero attached hydrogens (tertiary/aromatic N) is 2. The zero-order chi connectivity index (χ0) is 39.7. The van der Waals surface area contributed by atoms with Crippen molar-refractivity contribution in [2.75, 3.05) is 4.81 Å². The lowest BCUT2D eigenvalue weighted by Crippen LogP contribution is -2.61. The van der Waals surface area contributed by atoms with Crippen molar-refractivity contribution in [2.24, 2.45) is 0 Å². The van der Waals surface area contributed by atoms with Crippen molar-refractivity contribution in [1.82, 2.24) is 4.57 Å². The van der Waals surface area contributed by atoms with Gasteiger partial charge in [0, 0.05) is 49.3 Å². The number of rotatable bonds is 1. The molecule has 4 nitrogen and oxygen atoms in total. The van der Waals surface area contributed by atoms with Gasteiger partial charge in [-0.2, -0.15) is 0 Å². The van der Waals surface area contributed by atoms with Crippen LogP contribution in [-0.2, 0) is 10.8 Å². The van der Waals surface area contributed by atoms with Crippen LogP contribution < -0.4 is 15.7 Å². The molecule has 2 aliphatic heterocycles. The molecule has 0 radical (unpaired) electrons. The molecular weight excluding hydrogens is 719 g/mol. The van der Waals surface area contributed by atoms with E-state index in [1.165, 1.54) is 65.9 Å². The van der Waals surface area contributed by atoms with Crippen LogP contribution in [0.15, 0.2) is 148 Å². The molecule has 8 aromatic carbocycles. The van der Waals surface area contributed by atoms with E-state index in [2.05, 4.69) is 190 Å². The maximum absolute atomic E-state index is 7.04. The number of aromatic nitrogens is 1. The monoisotopic (exact) mass is 760 g/mol. The zero-order valence-corrected chi connectivity index (χ0v) is 34.1. The highest BCUT2D eigenvalue weighted by Crippen LogP contribution is 2.52. The second kappa shape index (κ2) is 11.1. The molecule has 282 valence electrons. The van der Waals surface area contributed by atoms with Gasteiger partial charge >= 0.3 is 6.85 Å². The number of para-hydroxylation sites is 3. The van der Waals surface area contributed by atoms with E-state index in [4.69, 9.17) is 8.83 Å². The number of anilines is 2. The van der Waals surface area contributed by atoms with Gasteiger partial charge in [-0.3, -0.25) is 0 Å². The standard InChI is InChI=1S/C54H41BN2O2/c1-53(2,3)31-22-24-41-38(27-31)39-28-32(54(4,5)6)29-40-50(39)56(41)44-26-30-14-7-8-15-33(30)47-48-42(25-23-37-35-17-10-12-21-46(35)59-52(37)48)57(55(40)49(44)47)43-19-13-18-36-34-16-9-11-20-45(34)58-51(36)43/h7-29H,1-6H3. The highest BCUT2D eigenvalue weighted by atomic mass is 16.3. The lowest BCUT2D eigenvalue weighted by Gasteiger charge is -2.42. The first-order valence-corrected chi connectivity index (χ1v) is 20.9. The molecule has 59 heavy (non-hydrogen) atoms. The lowest BCUT2D eigenvalue weighted by molar-refractivity contribution is 0.590. The average Bonchev–Trinajstić information content (AvgIpc) is 3.91. The Bertz CT molecular complexity index is 3660. The molecule has 5 heteroatoms. The Morgan fingerprint density at radius 3 is 1.85 bits per heavy atom. The fourth-order valence-electron chi connectivity index (χ4n) is 10.6. The highest BCUT2D eigenvalue weighted by Gasteiger charge is 2.47. The van der Waals surface area contributed by atoms with Crippen molar-refractivity contribution in [2.45, 2.75) is 52.4 Å². The number of hydrogen-bond donors (Lipinski definition) is 0. The van der Waals surface area contributed by atoms with Crippen LogP contribution in [0.4, 0.5) is 11.4 Å². The smallest absolute Gasteiger partial charge is 0.333 e. The molecule has 0 spiro atoms. The Hall–Kier alpha value is -6.72. The molecule has 2 aliphatic rings. The third kappa shape index (κ3) is 4.30. The van der Waals surface area contributed by atoms with Crippen molar-refractivity contribution in [3.63, 3.8) is 0 Å².